The lowest BCUT2D eigenvalue weighted by Crippen LogP contribution is -2.16. The van der Waals surface area contributed by atoms with Gasteiger partial charge in [-0.05, 0) is 51.5 Å². The largest absolute Gasteiger partial charge is 0.465 e. The third kappa shape index (κ3) is 3.40. The number of carbonyl (C=O) groups is 2. The number of nitrogens with one attached hydrogen (secondary N) is 1. The summed E-state index contributed by atoms with van der Waals surface area (Å²) in [7, 11) is 1.33. The second-order valence-electron chi connectivity index (χ2n) is 6.64. The van der Waals surface area contributed by atoms with Gasteiger partial charge in [0.15, 0.2) is 5.65 Å². The number of anilines is 1. The molecule has 3 aromatic rings. The molecule has 140 valence electrons. The third-order valence-electron chi connectivity index (χ3n) is 4.48. The van der Waals surface area contributed by atoms with Crippen LogP contribution in [0.5, 0.6) is 0 Å². The molecule has 0 fully saturated rings. The lowest BCUT2D eigenvalue weighted by molar-refractivity contribution is 0.0599. The molecular formula is C20H22N4O3. The van der Waals surface area contributed by atoms with E-state index in [4.69, 9.17) is 4.74 Å². The molecule has 0 atom stereocenters. The number of ether oxygens (including phenoxy) is 1. The molecule has 1 aromatic carbocycles. The summed E-state index contributed by atoms with van der Waals surface area (Å²) < 4.78 is 6.61. The van der Waals surface area contributed by atoms with Crippen LogP contribution in [0.4, 0.5) is 5.69 Å². The number of amides is 1. The van der Waals surface area contributed by atoms with Crippen molar-refractivity contribution in [1.29, 1.82) is 0 Å². The van der Waals surface area contributed by atoms with E-state index in [2.05, 4.69) is 15.4 Å². The number of nitrogens with zero attached hydrogens (tertiary/aromatic N) is 3. The van der Waals surface area contributed by atoms with Crippen molar-refractivity contribution in [3.63, 3.8) is 0 Å². The van der Waals surface area contributed by atoms with Crippen LogP contribution in [0.15, 0.2) is 30.5 Å². The van der Waals surface area contributed by atoms with Gasteiger partial charge in [0.1, 0.15) is 0 Å². The number of carbonyl (C=O) groups excluding carboxylic acids is 2. The quantitative estimate of drug-likeness (QED) is 0.712. The summed E-state index contributed by atoms with van der Waals surface area (Å²) in [5.41, 5.74) is 3.46. The summed E-state index contributed by atoms with van der Waals surface area (Å²) in [6.45, 7) is 7.62. The van der Waals surface area contributed by atoms with Crippen LogP contribution >= 0.6 is 0 Å². The van der Waals surface area contributed by atoms with Crippen molar-refractivity contribution < 1.29 is 14.3 Å². The van der Waals surface area contributed by atoms with Gasteiger partial charge in [0.2, 0.25) is 0 Å². The normalized spacial score (nSPS) is 11.0. The van der Waals surface area contributed by atoms with Gasteiger partial charge in [-0.25, -0.2) is 14.5 Å². The Balaban J connectivity index is 1.95. The molecule has 0 radical (unpaired) electrons. The Labute approximate surface area is 157 Å². The number of rotatable bonds is 4. The Morgan fingerprint density at radius 3 is 2.59 bits per heavy atom. The minimum absolute atomic E-state index is 0.179. The van der Waals surface area contributed by atoms with Crippen LogP contribution < -0.4 is 5.32 Å². The lowest BCUT2D eigenvalue weighted by atomic mass is 10.1. The Morgan fingerprint density at radius 1 is 1.19 bits per heavy atom. The standard InChI is InChI=1S/C20H22N4O3/c1-11(2)24-18-14(10-21-24)9-16(13(4)22-18)19(25)23-17-8-6-7-15(12(17)3)20(26)27-5/h6-11H,1-5H3,(H,23,25). The van der Waals surface area contributed by atoms with Gasteiger partial charge < -0.3 is 10.1 Å². The molecule has 1 N–H and O–H groups in total. The van der Waals surface area contributed by atoms with Crippen LogP contribution in [0.2, 0.25) is 0 Å². The average molecular weight is 366 g/mol. The maximum absolute atomic E-state index is 12.8. The molecule has 0 saturated heterocycles. The molecule has 0 unspecified atom stereocenters. The predicted octanol–water partition coefficient (Wildman–Crippen LogP) is 3.67. The monoisotopic (exact) mass is 366 g/mol. The van der Waals surface area contributed by atoms with Crippen LogP contribution in [0.3, 0.4) is 0 Å². The Morgan fingerprint density at radius 2 is 1.93 bits per heavy atom. The zero-order valence-corrected chi connectivity index (χ0v) is 16.0. The molecule has 0 aliphatic heterocycles. The van der Waals surface area contributed by atoms with E-state index in [1.165, 1.54) is 7.11 Å². The van der Waals surface area contributed by atoms with Crippen molar-refractivity contribution in [2.24, 2.45) is 0 Å². The van der Waals surface area contributed by atoms with Crippen molar-refractivity contribution in [2.75, 3.05) is 12.4 Å². The van der Waals surface area contributed by atoms with Gasteiger partial charge in [0, 0.05) is 17.1 Å². The van der Waals surface area contributed by atoms with E-state index in [9.17, 15) is 9.59 Å². The zero-order chi connectivity index (χ0) is 19.7. The number of pyridine rings is 1. The lowest BCUT2D eigenvalue weighted by Gasteiger charge is -2.13. The van der Waals surface area contributed by atoms with E-state index in [0.29, 0.717) is 28.1 Å². The topological polar surface area (TPSA) is 86.1 Å². The Kier molecular flexibility index (Phi) is 4.94. The van der Waals surface area contributed by atoms with E-state index in [1.807, 2.05) is 18.5 Å². The first-order chi connectivity index (χ1) is 12.8. The number of aryl methyl sites for hydroxylation is 1. The summed E-state index contributed by atoms with van der Waals surface area (Å²) in [5.74, 6) is -0.728. The number of benzene rings is 1. The first-order valence-corrected chi connectivity index (χ1v) is 8.67. The molecule has 1 amide bonds. The average Bonchev–Trinajstić information content (AvgIpc) is 3.05. The number of fused-ring (bicyclic) bond motifs is 1. The van der Waals surface area contributed by atoms with Crippen molar-refractivity contribution in [2.45, 2.75) is 33.7 Å². The Bertz CT molecular complexity index is 1040. The van der Waals surface area contributed by atoms with Crippen LogP contribution in [-0.4, -0.2) is 33.8 Å². The van der Waals surface area contributed by atoms with E-state index in [-0.39, 0.29) is 11.9 Å². The fourth-order valence-electron chi connectivity index (χ4n) is 2.97. The summed E-state index contributed by atoms with van der Waals surface area (Å²) >= 11 is 0. The number of hydrogen-bond acceptors (Lipinski definition) is 5. The van der Waals surface area contributed by atoms with Gasteiger partial charge in [-0.1, -0.05) is 6.07 Å². The molecule has 0 aliphatic carbocycles. The molecule has 0 aliphatic rings. The summed E-state index contributed by atoms with van der Waals surface area (Å²) in [5, 5.41) is 8.02. The number of methoxy groups -OCH3 is 1. The first kappa shape index (κ1) is 18.6. The van der Waals surface area contributed by atoms with Crippen LogP contribution in [-0.2, 0) is 4.74 Å². The Hall–Kier alpha value is -3.22. The molecule has 7 nitrogen and oxygen atoms in total. The highest BCUT2D eigenvalue weighted by Gasteiger charge is 2.18. The fraction of sp³-hybridized carbons (Fsp3) is 0.300. The molecule has 7 heteroatoms. The molecule has 3 rings (SSSR count). The first-order valence-electron chi connectivity index (χ1n) is 8.67. The van der Waals surface area contributed by atoms with Crippen LogP contribution in [0.1, 0.15) is 51.9 Å². The number of hydrogen-bond donors (Lipinski definition) is 1. The summed E-state index contributed by atoms with van der Waals surface area (Å²) in [6.07, 6.45) is 1.71. The SMILES string of the molecule is COC(=O)c1cccc(NC(=O)c2cc3cnn(C(C)C)c3nc2C)c1C. The van der Waals surface area contributed by atoms with Gasteiger partial charge in [-0.3, -0.25) is 4.79 Å². The van der Waals surface area contributed by atoms with Crippen LogP contribution in [0.25, 0.3) is 11.0 Å². The van der Waals surface area contributed by atoms with Crippen molar-refractivity contribution in [3.8, 4) is 0 Å². The second kappa shape index (κ2) is 7.19. The van der Waals surface area contributed by atoms with Gasteiger partial charge in [0.25, 0.3) is 5.91 Å². The molecule has 0 saturated carbocycles. The highest BCUT2D eigenvalue weighted by molar-refractivity contribution is 6.07. The van der Waals surface area contributed by atoms with Crippen molar-refractivity contribution >= 4 is 28.6 Å². The fourth-order valence-corrected chi connectivity index (χ4v) is 2.97. The molecule has 0 spiro atoms. The van der Waals surface area contributed by atoms with Gasteiger partial charge in [-0.15, -0.1) is 0 Å². The second-order valence-corrected chi connectivity index (χ2v) is 6.64. The van der Waals surface area contributed by atoms with Gasteiger partial charge >= 0.3 is 5.97 Å². The summed E-state index contributed by atoms with van der Waals surface area (Å²) in [6, 6.07) is 7.08. The maximum Gasteiger partial charge on any atom is 0.338 e. The third-order valence-corrected chi connectivity index (χ3v) is 4.48. The van der Waals surface area contributed by atoms with Crippen molar-refractivity contribution in [3.05, 3.63) is 52.8 Å². The van der Waals surface area contributed by atoms with Crippen LogP contribution in [0, 0.1) is 13.8 Å². The number of aromatic nitrogens is 3. The molecule has 2 aromatic heterocycles. The van der Waals surface area contributed by atoms with Gasteiger partial charge in [0.05, 0.1) is 30.1 Å². The zero-order valence-electron chi connectivity index (χ0n) is 16.0. The minimum atomic E-state index is -0.441. The minimum Gasteiger partial charge on any atom is -0.465 e. The molecule has 27 heavy (non-hydrogen) atoms. The molecule has 0 bridgehead atoms. The van der Waals surface area contributed by atoms with Crippen molar-refractivity contribution in [1.82, 2.24) is 14.8 Å². The summed E-state index contributed by atoms with van der Waals surface area (Å²) in [4.78, 5) is 29.2. The van der Waals surface area contributed by atoms with E-state index >= 15 is 0 Å². The molecule has 2 heterocycles. The van der Waals surface area contributed by atoms with E-state index < -0.39 is 5.97 Å². The van der Waals surface area contributed by atoms with E-state index in [0.717, 1.165) is 11.0 Å². The highest BCUT2D eigenvalue weighted by Crippen LogP contribution is 2.23. The predicted molar refractivity (Wildman–Crippen MR) is 103 cm³/mol. The number of esters is 1. The smallest absolute Gasteiger partial charge is 0.338 e. The maximum atomic E-state index is 12.8. The van der Waals surface area contributed by atoms with Gasteiger partial charge in [-0.2, -0.15) is 5.10 Å². The highest BCUT2D eigenvalue weighted by atomic mass is 16.5. The van der Waals surface area contributed by atoms with E-state index in [1.54, 1.807) is 44.3 Å². The molecular weight excluding hydrogens is 344 g/mol.